The van der Waals surface area contributed by atoms with Crippen molar-refractivity contribution in [3.8, 4) is 5.75 Å². The third-order valence-corrected chi connectivity index (χ3v) is 4.51. The molecule has 1 saturated heterocycles. The van der Waals surface area contributed by atoms with Crippen molar-refractivity contribution in [3.63, 3.8) is 0 Å². The van der Waals surface area contributed by atoms with Crippen LogP contribution >= 0.6 is 0 Å². The van der Waals surface area contributed by atoms with E-state index >= 15 is 0 Å². The zero-order chi connectivity index (χ0) is 15.1. The SMILES string of the molecule is CCCOc1ccc(C(C)N2CCCCC2CCN)cc1. The van der Waals surface area contributed by atoms with Crippen LogP contribution < -0.4 is 10.5 Å². The van der Waals surface area contributed by atoms with Crippen LogP contribution in [-0.2, 0) is 0 Å². The Morgan fingerprint density at radius 3 is 2.71 bits per heavy atom. The van der Waals surface area contributed by atoms with Gasteiger partial charge >= 0.3 is 0 Å². The molecule has 2 N–H and O–H groups in total. The number of piperidine rings is 1. The standard InChI is InChI=1S/C18H30N2O/c1-3-14-21-18-9-7-16(8-10-18)15(2)20-13-5-4-6-17(20)11-12-19/h7-10,15,17H,3-6,11-14,19H2,1-2H3. The van der Waals surface area contributed by atoms with Gasteiger partial charge in [0.15, 0.2) is 0 Å². The van der Waals surface area contributed by atoms with Crippen LogP contribution in [0.15, 0.2) is 24.3 Å². The summed E-state index contributed by atoms with van der Waals surface area (Å²) < 4.78 is 5.66. The molecule has 1 aliphatic rings. The van der Waals surface area contributed by atoms with Crippen LogP contribution in [0.3, 0.4) is 0 Å². The molecule has 0 saturated carbocycles. The number of nitrogens with two attached hydrogens (primary N) is 1. The minimum Gasteiger partial charge on any atom is -0.494 e. The fourth-order valence-electron chi connectivity index (χ4n) is 3.29. The first kappa shape index (κ1) is 16.3. The molecule has 0 spiro atoms. The topological polar surface area (TPSA) is 38.5 Å². The predicted molar refractivity (Wildman–Crippen MR) is 88.7 cm³/mol. The quantitative estimate of drug-likeness (QED) is 0.831. The Hall–Kier alpha value is -1.06. The summed E-state index contributed by atoms with van der Waals surface area (Å²) >= 11 is 0. The van der Waals surface area contributed by atoms with Crippen molar-refractivity contribution in [2.75, 3.05) is 19.7 Å². The Morgan fingerprint density at radius 2 is 2.05 bits per heavy atom. The molecule has 0 bridgehead atoms. The molecule has 0 amide bonds. The minimum atomic E-state index is 0.460. The summed E-state index contributed by atoms with van der Waals surface area (Å²) in [5, 5.41) is 0. The highest BCUT2D eigenvalue weighted by Gasteiger charge is 2.26. The Labute approximate surface area is 129 Å². The predicted octanol–water partition coefficient (Wildman–Crippen LogP) is 3.74. The number of benzene rings is 1. The van der Waals surface area contributed by atoms with Crippen molar-refractivity contribution in [2.45, 2.75) is 58.0 Å². The average molecular weight is 290 g/mol. The number of ether oxygens (including phenoxy) is 1. The fourth-order valence-corrected chi connectivity index (χ4v) is 3.29. The number of hydrogen-bond donors (Lipinski definition) is 1. The van der Waals surface area contributed by atoms with Crippen molar-refractivity contribution in [1.82, 2.24) is 4.90 Å². The molecule has 1 aromatic rings. The molecule has 3 nitrogen and oxygen atoms in total. The molecule has 1 aromatic carbocycles. The van der Waals surface area contributed by atoms with E-state index in [4.69, 9.17) is 10.5 Å². The Kier molecular flexibility index (Phi) is 6.52. The van der Waals surface area contributed by atoms with Crippen molar-refractivity contribution in [3.05, 3.63) is 29.8 Å². The van der Waals surface area contributed by atoms with Crippen LogP contribution in [0.4, 0.5) is 0 Å². The minimum absolute atomic E-state index is 0.460. The second kappa shape index (κ2) is 8.40. The first-order chi connectivity index (χ1) is 10.3. The molecular formula is C18H30N2O. The van der Waals surface area contributed by atoms with Crippen LogP contribution in [-0.4, -0.2) is 30.6 Å². The van der Waals surface area contributed by atoms with Crippen LogP contribution in [0.1, 0.15) is 57.6 Å². The van der Waals surface area contributed by atoms with E-state index in [0.717, 1.165) is 31.7 Å². The smallest absolute Gasteiger partial charge is 0.119 e. The fraction of sp³-hybridized carbons (Fsp3) is 0.667. The molecule has 2 atom stereocenters. The highest BCUT2D eigenvalue weighted by atomic mass is 16.5. The van der Waals surface area contributed by atoms with Gasteiger partial charge in [0.25, 0.3) is 0 Å². The van der Waals surface area contributed by atoms with Gasteiger partial charge in [0.2, 0.25) is 0 Å². The summed E-state index contributed by atoms with van der Waals surface area (Å²) in [4.78, 5) is 2.64. The molecule has 1 aliphatic heterocycles. The summed E-state index contributed by atoms with van der Waals surface area (Å²) in [6, 6.07) is 9.73. The lowest BCUT2D eigenvalue weighted by Crippen LogP contribution is -2.42. The van der Waals surface area contributed by atoms with Gasteiger partial charge in [0.05, 0.1) is 6.61 Å². The first-order valence-corrected chi connectivity index (χ1v) is 8.44. The van der Waals surface area contributed by atoms with E-state index in [1.54, 1.807) is 0 Å². The van der Waals surface area contributed by atoms with E-state index < -0.39 is 0 Å². The molecule has 21 heavy (non-hydrogen) atoms. The summed E-state index contributed by atoms with van der Waals surface area (Å²) in [7, 11) is 0. The molecule has 0 radical (unpaired) electrons. The molecule has 118 valence electrons. The Balaban J connectivity index is 2.01. The highest BCUT2D eigenvalue weighted by molar-refractivity contribution is 5.29. The Morgan fingerprint density at radius 1 is 1.29 bits per heavy atom. The van der Waals surface area contributed by atoms with E-state index in [2.05, 4.69) is 43.0 Å². The second-order valence-electron chi connectivity index (χ2n) is 6.06. The first-order valence-electron chi connectivity index (χ1n) is 8.44. The molecule has 0 aliphatic carbocycles. The van der Waals surface area contributed by atoms with Gasteiger partial charge in [0, 0.05) is 12.1 Å². The van der Waals surface area contributed by atoms with Gasteiger partial charge in [-0.1, -0.05) is 25.5 Å². The molecule has 2 rings (SSSR count). The van der Waals surface area contributed by atoms with Crippen LogP contribution in [0.5, 0.6) is 5.75 Å². The lowest BCUT2D eigenvalue weighted by molar-refractivity contribution is 0.0984. The van der Waals surface area contributed by atoms with Crippen LogP contribution in [0, 0.1) is 0 Å². The molecule has 3 heteroatoms. The number of hydrogen-bond acceptors (Lipinski definition) is 3. The zero-order valence-corrected chi connectivity index (χ0v) is 13.6. The lowest BCUT2D eigenvalue weighted by Gasteiger charge is -2.40. The van der Waals surface area contributed by atoms with Crippen LogP contribution in [0.2, 0.25) is 0 Å². The van der Waals surface area contributed by atoms with Crippen LogP contribution in [0.25, 0.3) is 0 Å². The monoisotopic (exact) mass is 290 g/mol. The van der Waals surface area contributed by atoms with E-state index in [9.17, 15) is 0 Å². The van der Waals surface area contributed by atoms with E-state index in [1.165, 1.54) is 31.4 Å². The normalized spacial score (nSPS) is 21.2. The van der Waals surface area contributed by atoms with Gasteiger partial charge in [0.1, 0.15) is 5.75 Å². The van der Waals surface area contributed by atoms with Gasteiger partial charge in [-0.2, -0.15) is 0 Å². The summed E-state index contributed by atoms with van der Waals surface area (Å²) in [5.41, 5.74) is 7.16. The average Bonchev–Trinajstić information content (AvgIpc) is 2.53. The largest absolute Gasteiger partial charge is 0.494 e. The molecular weight excluding hydrogens is 260 g/mol. The van der Waals surface area contributed by atoms with Gasteiger partial charge in [-0.05, 0) is 63.4 Å². The maximum Gasteiger partial charge on any atom is 0.119 e. The maximum atomic E-state index is 5.78. The molecule has 1 fully saturated rings. The van der Waals surface area contributed by atoms with Gasteiger partial charge in [-0.15, -0.1) is 0 Å². The summed E-state index contributed by atoms with van der Waals surface area (Å²) in [6.07, 6.45) is 6.11. The highest BCUT2D eigenvalue weighted by Crippen LogP contribution is 2.30. The number of nitrogens with zero attached hydrogens (tertiary/aromatic N) is 1. The van der Waals surface area contributed by atoms with E-state index in [-0.39, 0.29) is 0 Å². The molecule has 2 unspecified atom stereocenters. The van der Waals surface area contributed by atoms with Gasteiger partial charge in [-0.25, -0.2) is 0 Å². The zero-order valence-electron chi connectivity index (χ0n) is 13.6. The molecule has 1 heterocycles. The number of rotatable bonds is 7. The molecule has 0 aromatic heterocycles. The van der Waals surface area contributed by atoms with Gasteiger partial charge < -0.3 is 10.5 Å². The van der Waals surface area contributed by atoms with E-state index in [1.807, 2.05) is 0 Å². The van der Waals surface area contributed by atoms with Crippen molar-refractivity contribution in [2.24, 2.45) is 5.73 Å². The summed E-state index contributed by atoms with van der Waals surface area (Å²) in [5.74, 6) is 0.977. The third-order valence-electron chi connectivity index (χ3n) is 4.51. The lowest BCUT2D eigenvalue weighted by atomic mass is 9.95. The maximum absolute atomic E-state index is 5.78. The van der Waals surface area contributed by atoms with Crippen molar-refractivity contribution < 1.29 is 4.74 Å². The van der Waals surface area contributed by atoms with Crippen molar-refractivity contribution >= 4 is 0 Å². The van der Waals surface area contributed by atoms with Crippen molar-refractivity contribution in [1.29, 1.82) is 0 Å². The van der Waals surface area contributed by atoms with Gasteiger partial charge in [-0.3, -0.25) is 4.90 Å². The number of likely N-dealkylation sites (tertiary alicyclic amines) is 1. The second-order valence-corrected chi connectivity index (χ2v) is 6.06. The summed E-state index contributed by atoms with van der Waals surface area (Å²) in [6.45, 7) is 7.22. The van der Waals surface area contributed by atoms with E-state index in [0.29, 0.717) is 12.1 Å². The Bertz CT molecular complexity index is 402. The third kappa shape index (κ3) is 4.45.